The van der Waals surface area contributed by atoms with Crippen LogP contribution in [0.25, 0.3) is 16.6 Å². The maximum atomic E-state index is 13.9. The Morgan fingerprint density at radius 3 is 2.50 bits per heavy atom. The van der Waals surface area contributed by atoms with Gasteiger partial charge >= 0.3 is 5.97 Å². The molecule has 0 saturated heterocycles. The summed E-state index contributed by atoms with van der Waals surface area (Å²) in [6.07, 6.45) is 1.51. The van der Waals surface area contributed by atoms with Crippen LogP contribution in [-0.2, 0) is 17.8 Å². The van der Waals surface area contributed by atoms with Crippen LogP contribution in [0, 0.1) is 11.6 Å². The van der Waals surface area contributed by atoms with Crippen LogP contribution in [0.2, 0.25) is 0 Å². The Hall–Kier alpha value is -2.44. The van der Waals surface area contributed by atoms with Gasteiger partial charge in [0.25, 0.3) is 0 Å². The third kappa shape index (κ3) is 3.88. The summed E-state index contributed by atoms with van der Waals surface area (Å²) < 4.78 is 29.4. The zero-order valence-electron chi connectivity index (χ0n) is 15.2. The van der Waals surface area contributed by atoms with Crippen molar-refractivity contribution >= 4 is 29.3 Å². The SMILES string of the molecule is Cl.O=C(O)CCCN1CCc2c(c3cc(F)ccc3n2-c2ccc(F)cc2)C1. The van der Waals surface area contributed by atoms with E-state index in [0.717, 1.165) is 40.8 Å². The molecule has 0 saturated carbocycles. The Kier molecular flexibility index (Phi) is 6.01. The molecule has 1 N–H and O–H groups in total. The molecule has 0 radical (unpaired) electrons. The lowest BCUT2D eigenvalue weighted by Crippen LogP contribution is -2.32. The minimum absolute atomic E-state index is 0. The van der Waals surface area contributed by atoms with Crippen LogP contribution in [0.1, 0.15) is 24.1 Å². The molecule has 148 valence electrons. The summed E-state index contributed by atoms with van der Waals surface area (Å²) in [7, 11) is 0. The summed E-state index contributed by atoms with van der Waals surface area (Å²) in [5.74, 6) is -1.37. The van der Waals surface area contributed by atoms with Crippen LogP contribution in [0.5, 0.6) is 0 Å². The number of fused-ring (bicyclic) bond motifs is 3. The molecular formula is C21H21ClF2N2O2. The second-order valence-electron chi connectivity index (χ2n) is 6.92. The van der Waals surface area contributed by atoms with Crippen LogP contribution in [0.3, 0.4) is 0 Å². The topological polar surface area (TPSA) is 45.5 Å². The number of aromatic nitrogens is 1. The van der Waals surface area contributed by atoms with Gasteiger partial charge in [-0.3, -0.25) is 9.69 Å². The molecule has 0 fully saturated rings. The number of halogens is 3. The molecule has 1 aromatic heterocycles. The van der Waals surface area contributed by atoms with E-state index in [0.29, 0.717) is 19.5 Å². The molecule has 2 heterocycles. The first-order valence-electron chi connectivity index (χ1n) is 9.05. The maximum absolute atomic E-state index is 13.9. The number of aliphatic carboxylic acids is 1. The van der Waals surface area contributed by atoms with Gasteiger partial charge in [-0.1, -0.05) is 0 Å². The molecule has 28 heavy (non-hydrogen) atoms. The summed E-state index contributed by atoms with van der Waals surface area (Å²) in [6, 6.07) is 11.1. The number of carbonyl (C=O) groups is 1. The van der Waals surface area contributed by atoms with E-state index in [-0.39, 0.29) is 30.5 Å². The minimum Gasteiger partial charge on any atom is -0.481 e. The normalized spacial score (nSPS) is 13.9. The molecule has 1 aliphatic rings. The van der Waals surface area contributed by atoms with Crippen molar-refractivity contribution in [2.45, 2.75) is 25.8 Å². The van der Waals surface area contributed by atoms with E-state index in [1.54, 1.807) is 24.3 Å². The van der Waals surface area contributed by atoms with Crippen molar-refractivity contribution in [2.75, 3.05) is 13.1 Å². The van der Waals surface area contributed by atoms with E-state index in [4.69, 9.17) is 5.11 Å². The smallest absolute Gasteiger partial charge is 0.303 e. The number of carboxylic acid groups (broad SMARTS) is 1. The molecule has 0 aliphatic carbocycles. The van der Waals surface area contributed by atoms with E-state index in [1.165, 1.54) is 18.2 Å². The zero-order valence-corrected chi connectivity index (χ0v) is 16.0. The van der Waals surface area contributed by atoms with E-state index in [9.17, 15) is 13.6 Å². The van der Waals surface area contributed by atoms with E-state index in [1.807, 2.05) is 0 Å². The predicted molar refractivity (Wildman–Crippen MR) is 106 cm³/mol. The number of rotatable bonds is 5. The lowest BCUT2D eigenvalue weighted by atomic mass is 10.0. The first-order valence-corrected chi connectivity index (χ1v) is 9.05. The fraction of sp³-hybridized carbons (Fsp3) is 0.286. The first-order chi connectivity index (χ1) is 13.0. The van der Waals surface area contributed by atoms with Crippen molar-refractivity contribution in [2.24, 2.45) is 0 Å². The molecule has 4 rings (SSSR count). The largest absolute Gasteiger partial charge is 0.481 e. The molecule has 0 unspecified atom stereocenters. The fourth-order valence-electron chi connectivity index (χ4n) is 3.92. The molecule has 2 aromatic carbocycles. The van der Waals surface area contributed by atoms with Crippen LogP contribution < -0.4 is 0 Å². The van der Waals surface area contributed by atoms with Gasteiger partial charge in [-0.25, -0.2) is 8.78 Å². The molecule has 7 heteroatoms. The van der Waals surface area contributed by atoms with Gasteiger partial charge in [-0.2, -0.15) is 0 Å². The van der Waals surface area contributed by atoms with Gasteiger partial charge in [0.2, 0.25) is 0 Å². The number of hydrogen-bond donors (Lipinski definition) is 1. The second kappa shape index (κ2) is 8.29. The van der Waals surface area contributed by atoms with Crippen molar-refractivity contribution in [3.05, 3.63) is 65.4 Å². The monoisotopic (exact) mass is 406 g/mol. The van der Waals surface area contributed by atoms with Crippen LogP contribution in [0.4, 0.5) is 8.78 Å². The summed E-state index contributed by atoms with van der Waals surface area (Å²) in [5, 5.41) is 9.69. The quantitative estimate of drug-likeness (QED) is 0.676. The highest BCUT2D eigenvalue weighted by Crippen LogP contribution is 2.34. The Labute approximate surface area is 167 Å². The highest BCUT2D eigenvalue weighted by molar-refractivity contribution is 5.87. The zero-order chi connectivity index (χ0) is 19.0. The van der Waals surface area contributed by atoms with E-state index >= 15 is 0 Å². The van der Waals surface area contributed by atoms with Gasteiger partial charge in [-0.05, 0) is 61.0 Å². The number of carboxylic acids is 1. The highest BCUT2D eigenvalue weighted by atomic mass is 35.5. The molecule has 4 nitrogen and oxygen atoms in total. The third-order valence-corrected chi connectivity index (χ3v) is 5.14. The number of nitrogens with zero attached hydrogens (tertiary/aromatic N) is 2. The van der Waals surface area contributed by atoms with Crippen LogP contribution in [-0.4, -0.2) is 33.6 Å². The van der Waals surface area contributed by atoms with E-state index < -0.39 is 5.97 Å². The summed E-state index contributed by atoms with van der Waals surface area (Å²) in [5.41, 5.74) is 3.93. The van der Waals surface area contributed by atoms with Crippen molar-refractivity contribution in [1.82, 2.24) is 9.47 Å². The van der Waals surface area contributed by atoms with Crippen LogP contribution >= 0.6 is 12.4 Å². The van der Waals surface area contributed by atoms with Gasteiger partial charge in [-0.15, -0.1) is 12.4 Å². The van der Waals surface area contributed by atoms with Crippen molar-refractivity contribution < 1.29 is 18.7 Å². The first kappa shape index (κ1) is 20.3. The Morgan fingerprint density at radius 1 is 1.07 bits per heavy atom. The number of benzene rings is 2. The maximum Gasteiger partial charge on any atom is 0.303 e. The highest BCUT2D eigenvalue weighted by Gasteiger charge is 2.25. The van der Waals surface area contributed by atoms with E-state index in [2.05, 4.69) is 9.47 Å². The summed E-state index contributed by atoms with van der Waals surface area (Å²) in [4.78, 5) is 13.0. The average Bonchev–Trinajstić information content (AvgIpc) is 2.95. The van der Waals surface area contributed by atoms with Gasteiger partial charge in [0.05, 0.1) is 5.52 Å². The molecule has 3 aromatic rings. The molecular weight excluding hydrogens is 386 g/mol. The summed E-state index contributed by atoms with van der Waals surface area (Å²) in [6.45, 7) is 2.17. The van der Waals surface area contributed by atoms with Gasteiger partial charge in [0.1, 0.15) is 11.6 Å². The van der Waals surface area contributed by atoms with Crippen molar-refractivity contribution in [3.8, 4) is 5.69 Å². The lowest BCUT2D eigenvalue weighted by molar-refractivity contribution is -0.137. The fourth-order valence-corrected chi connectivity index (χ4v) is 3.92. The van der Waals surface area contributed by atoms with Gasteiger partial charge in [0, 0.05) is 42.7 Å². The minimum atomic E-state index is -0.789. The predicted octanol–water partition coefficient (Wildman–Crippen LogP) is 4.55. The number of hydrogen-bond acceptors (Lipinski definition) is 2. The lowest BCUT2D eigenvalue weighted by Gasteiger charge is -2.28. The Balaban J connectivity index is 0.00000225. The molecule has 0 amide bonds. The Morgan fingerprint density at radius 2 is 1.79 bits per heavy atom. The third-order valence-electron chi connectivity index (χ3n) is 5.14. The van der Waals surface area contributed by atoms with Crippen LogP contribution in [0.15, 0.2) is 42.5 Å². The molecule has 0 atom stereocenters. The molecule has 0 spiro atoms. The van der Waals surface area contributed by atoms with Gasteiger partial charge in [0.15, 0.2) is 0 Å². The molecule has 1 aliphatic heterocycles. The summed E-state index contributed by atoms with van der Waals surface area (Å²) >= 11 is 0. The average molecular weight is 407 g/mol. The van der Waals surface area contributed by atoms with Gasteiger partial charge < -0.3 is 9.67 Å². The molecule has 0 bridgehead atoms. The van der Waals surface area contributed by atoms with Crippen molar-refractivity contribution in [3.63, 3.8) is 0 Å². The second-order valence-corrected chi connectivity index (χ2v) is 6.92. The Bertz CT molecular complexity index is 1000. The van der Waals surface area contributed by atoms with Crippen molar-refractivity contribution in [1.29, 1.82) is 0 Å². The standard InChI is InChI=1S/C21H20F2N2O2.ClH/c22-14-3-6-16(7-4-14)25-19-8-5-15(23)12-17(19)18-13-24(11-9-20(18)25)10-1-2-21(26)27;/h3-8,12H,1-2,9-11,13H2,(H,26,27);1H.